The minimum atomic E-state index is -0.0649. The number of hydrogen-bond acceptors (Lipinski definition) is 4. The van der Waals surface area contributed by atoms with Crippen molar-refractivity contribution in [3.05, 3.63) is 20.3 Å². The van der Waals surface area contributed by atoms with Gasteiger partial charge >= 0.3 is 0 Å². The minimum Gasteiger partial charge on any atom is -0.355 e. The summed E-state index contributed by atoms with van der Waals surface area (Å²) in [4.78, 5) is 20.5. The molecule has 2 heterocycles. The van der Waals surface area contributed by atoms with Crippen molar-refractivity contribution in [1.29, 1.82) is 0 Å². The minimum absolute atomic E-state index is 0.0649. The Morgan fingerprint density at radius 1 is 1.59 bits per heavy atom. The summed E-state index contributed by atoms with van der Waals surface area (Å²) in [5.74, 6) is 1.39. The van der Waals surface area contributed by atoms with Gasteiger partial charge in [-0.1, -0.05) is 0 Å². The van der Waals surface area contributed by atoms with Crippen LogP contribution in [0.5, 0.6) is 0 Å². The van der Waals surface area contributed by atoms with Gasteiger partial charge in [-0.25, -0.2) is 4.98 Å². The molecular formula is C11H17IN4O. The number of nitrogens with two attached hydrogens (primary N) is 1. The molecule has 1 fully saturated rings. The lowest BCUT2D eigenvalue weighted by Gasteiger charge is -2.34. The standard InChI is InChI=1S/C11H17IN4O/c1-7(13)8-2-4-16(5-3-8)10-9(12)11(17)15-6-14-10/h6-8H,2-5,13H2,1H3,(H,14,15,17). The van der Waals surface area contributed by atoms with E-state index in [-0.39, 0.29) is 11.6 Å². The topological polar surface area (TPSA) is 75.0 Å². The fraction of sp³-hybridized carbons (Fsp3) is 0.636. The quantitative estimate of drug-likeness (QED) is 0.780. The van der Waals surface area contributed by atoms with E-state index < -0.39 is 0 Å². The number of piperidine rings is 1. The number of nitrogens with zero attached hydrogens (tertiary/aromatic N) is 2. The molecule has 0 aliphatic carbocycles. The van der Waals surface area contributed by atoms with Crippen LogP contribution >= 0.6 is 22.6 Å². The molecule has 1 aromatic rings. The lowest BCUT2D eigenvalue weighted by Crippen LogP contribution is -2.41. The molecule has 17 heavy (non-hydrogen) atoms. The van der Waals surface area contributed by atoms with Crippen LogP contribution in [0, 0.1) is 9.49 Å². The summed E-state index contributed by atoms with van der Waals surface area (Å²) >= 11 is 2.05. The molecule has 0 bridgehead atoms. The molecular weight excluding hydrogens is 331 g/mol. The highest BCUT2D eigenvalue weighted by Crippen LogP contribution is 2.24. The summed E-state index contributed by atoms with van der Waals surface area (Å²) in [6, 6.07) is 0.253. The second kappa shape index (κ2) is 5.34. The molecule has 1 aliphatic rings. The van der Waals surface area contributed by atoms with Crippen molar-refractivity contribution in [2.24, 2.45) is 11.7 Å². The number of rotatable bonds is 2. The fourth-order valence-electron chi connectivity index (χ4n) is 2.23. The van der Waals surface area contributed by atoms with E-state index in [1.54, 1.807) is 0 Å². The molecule has 6 heteroatoms. The largest absolute Gasteiger partial charge is 0.355 e. The maximum Gasteiger partial charge on any atom is 0.266 e. The van der Waals surface area contributed by atoms with E-state index in [1.807, 2.05) is 0 Å². The molecule has 0 amide bonds. The highest BCUT2D eigenvalue weighted by Gasteiger charge is 2.24. The number of hydrogen-bond donors (Lipinski definition) is 2. The van der Waals surface area contributed by atoms with Crippen molar-refractivity contribution in [3.63, 3.8) is 0 Å². The first-order valence-electron chi connectivity index (χ1n) is 5.83. The predicted octanol–water partition coefficient (Wildman–Crippen LogP) is 0.938. The van der Waals surface area contributed by atoms with Gasteiger partial charge in [-0.2, -0.15) is 0 Å². The first kappa shape index (κ1) is 12.8. The summed E-state index contributed by atoms with van der Waals surface area (Å²) in [7, 11) is 0. The molecule has 0 aromatic carbocycles. The number of H-pyrrole nitrogens is 1. The summed E-state index contributed by atoms with van der Waals surface area (Å²) in [5, 5.41) is 0. The predicted molar refractivity (Wildman–Crippen MR) is 76.2 cm³/mol. The summed E-state index contributed by atoms with van der Waals surface area (Å²) < 4.78 is 0.671. The maximum absolute atomic E-state index is 11.5. The normalized spacial score (nSPS) is 19.4. The smallest absolute Gasteiger partial charge is 0.266 e. The number of anilines is 1. The second-order valence-corrected chi connectivity index (χ2v) is 5.63. The SMILES string of the molecule is CC(N)C1CCN(c2nc[nH]c(=O)c2I)CC1. The van der Waals surface area contributed by atoms with Gasteiger partial charge in [0.05, 0.1) is 6.33 Å². The molecule has 1 saturated heterocycles. The van der Waals surface area contributed by atoms with Crippen LogP contribution in [-0.2, 0) is 0 Å². The molecule has 1 aromatic heterocycles. The van der Waals surface area contributed by atoms with Crippen molar-refractivity contribution in [2.75, 3.05) is 18.0 Å². The monoisotopic (exact) mass is 348 g/mol. The number of halogens is 1. The van der Waals surface area contributed by atoms with Crippen molar-refractivity contribution < 1.29 is 0 Å². The van der Waals surface area contributed by atoms with Crippen LogP contribution in [0.4, 0.5) is 5.82 Å². The van der Waals surface area contributed by atoms with Crippen molar-refractivity contribution in [2.45, 2.75) is 25.8 Å². The van der Waals surface area contributed by atoms with Gasteiger partial charge in [0.25, 0.3) is 5.56 Å². The Balaban J connectivity index is 2.11. The Hall–Kier alpha value is -0.630. The van der Waals surface area contributed by atoms with Gasteiger partial charge in [-0.3, -0.25) is 4.79 Å². The van der Waals surface area contributed by atoms with Gasteiger partial charge in [0.15, 0.2) is 0 Å². The van der Waals surface area contributed by atoms with Crippen molar-refractivity contribution >= 4 is 28.4 Å². The van der Waals surface area contributed by atoms with Gasteiger partial charge in [-0.15, -0.1) is 0 Å². The summed E-state index contributed by atoms with van der Waals surface area (Å²) in [6.45, 7) is 3.92. The van der Waals surface area contributed by atoms with E-state index in [2.05, 4.69) is 44.4 Å². The molecule has 0 radical (unpaired) electrons. The molecule has 1 unspecified atom stereocenters. The van der Waals surface area contributed by atoms with Gasteiger partial charge in [0.1, 0.15) is 9.39 Å². The number of aromatic nitrogens is 2. The third-order valence-corrected chi connectivity index (χ3v) is 4.33. The van der Waals surface area contributed by atoms with Crippen molar-refractivity contribution in [1.82, 2.24) is 9.97 Å². The Bertz CT molecular complexity index is 437. The van der Waals surface area contributed by atoms with Crippen LogP contribution in [-0.4, -0.2) is 29.1 Å². The van der Waals surface area contributed by atoms with Crippen LogP contribution in [0.15, 0.2) is 11.1 Å². The average Bonchev–Trinajstić information content (AvgIpc) is 2.33. The number of aromatic amines is 1. The van der Waals surface area contributed by atoms with Crippen LogP contribution in [0.3, 0.4) is 0 Å². The van der Waals surface area contributed by atoms with E-state index in [4.69, 9.17) is 5.73 Å². The van der Waals surface area contributed by atoms with Gasteiger partial charge < -0.3 is 15.6 Å². The lowest BCUT2D eigenvalue weighted by atomic mass is 9.91. The second-order valence-electron chi connectivity index (χ2n) is 4.55. The highest BCUT2D eigenvalue weighted by atomic mass is 127. The molecule has 3 N–H and O–H groups in total. The zero-order chi connectivity index (χ0) is 12.4. The zero-order valence-corrected chi connectivity index (χ0v) is 12.0. The van der Waals surface area contributed by atoms with E-state index >= 15 is 0 Å². The number of nitrogens with one attached hydrogen (secondary N) is 1. The Morgan fingerprint density at radius 3 is 2.82 bits per heavy atom. The summed E-state index contributed by atoms with van der Waals surface area (Å²) in [6.07, 6.45) is 3.61. The maximum atomic E-state index is 11.5. The Morgan fingerprint density at radius 2 is 2.24 bits per heavy atom. The van der Waals surface area contributed by atoms with Gasteiger partial charge in [-0.05, 0) is 48.3 Å². The summed E-state index contributed by atoms with van der Waals surface area (Å²) in [5.41, 5.74) is 5.85. The zero-order valence-electron chi connectivity index (χ0n) is 9.82. The highest BCUT2D eigenvalue weighted by molar-refractivity contribution is 14.1. The van der Waals surface area contributed by atoms with Crippen LogP contribution in [0.2, 0.25) is 0 Å². The molecule has 0 saturated carbocycles. The third kappa shape index (κ3) is 2.79. The van der Waals surface area contributed by atoms with E-state index in [0.29, 0.717) is 9.49 Å². The van der Waals surface area contributed by atoms with E-state index in [9.17, 15) is 4.79 Å². The first-order chi connectivity index (χ1) is 8.09. The molecule has 0 spiro atoms. The average molecular weight is 348 g/mol. The van der Waals surface area contributed by atoms with Crippen LogP contribution in [0.1, 0.15) is 19.8 Å². The van der Waals surface area contributed by atoms with Crippen LogP contribution < -0.4 is 16.2 Å². The van der Waals surface area contributed by atoms with Crippen LogP contribution in [0.25, 0.3) is 0 Å². The molecule has 5 nitrogen and oxygen atoms in total. The molecule has 1 atom stereocenters. The fourth-order valence-corrected chi connectivity index (χ4v) is 2.87. The molecule has 2 rings (SSSR count). The van der Waals surface area contributed by atoms with Gasteiger partial charge in [0, 0.05) is 19.1 Å². The molecule has 94 valence electrons. The van der Waals surface area contributed by atoms with E-state index in [0.717, 1.165) is 31.7 Å². The third-order valence-electron chi connectivity index (χ3n) is 3.36. The van der Waals surface area contributed by atoms with Gasteiger partial charge in [0.2, 0.25) is 0 Å². The van der Waals surface area contributed by atoms with E-state index in [1.165, 1.54) is 6.33 Å². The lowest BCUT2D eigenvalue weighted by molar-refractivity contribution is 0.353. The van der Waals surface area contributed by atoms with Crippen molar-refractivity contribution in [3.8, 4) is 0 Å². The first-order valence-corrected chi connectivity index (χ1v) is 6.91. The molecule has 1 aliphatic heterocycles. The Kier molecular flexibility index (Phi) is 4.03. The Labute approximate surface area is 114 Å².